The summed E-state index contributed by atoms with van der Waals surface area (Å²) in [5, 5.41) is 0. The number of imidazole rings is 1. The number of rotatable bonds is 0. The van der Waals surface area contributed by atoms with Crippen molar-refractivity contribution in [3.05, 3.63) is 16.3 Å². The Kier molecular flexibility index (Phi) is 1.69. The van der Waals surface area contributed by atoms with Gasteiger partial charge in [0.05, 0.1) is 0 Å². The average Bonchev–Trinajstić information content (AvgIpc) is 2.32. The molecule has 1 N–H and O–H groups in total. The maximum atomic E-state index is 4.99. The number of hydrogen-bond donors (Lipinski definition) is 1. The van der Waals surface area contributed by atoms with E-state index in [1.165, 1.54) is 0 Å². The fourth-order valence-electron chi connectivity index (χ4n) is 1.32. The molecule has 2 rings (SSSR count). The van der Waals surface area contributed by atoms with E-state index >= 15 is 0 Å². The van der Waals surface area contributed by atoms with E-state index in [2.05, 4.69) is 15.0 Å². The highest BCUT2D eigenvalue weighted by Gasteiger charge is 2.07. The molecule has 4 nitrogen and oxygen atoms in total. The van der Waals surface area contributed by atoms with E-state index in [1.54, 1.807) is 0 Å². The largest absolute Gasteiger partial charge is 0.333 e. The highest BCUT2D eigenvalue weighted by atomic mass is 32.1. The summed E-state index contributed by atoms with van der Waals surface area (Å²) in [6.45, 7) is 3.90. The van der Waals surface area contributed by atoms with Crippen molar-refractivity contribution in [3.63, 3.8) is 0 Å². The zero-order valence-electron chi connectivity index (χ0n) is 7.75. The minimum atomic E-state index is 0.507. The molecule has 2 aromatic rings. The summed E-state index contributed by atoms with van der Waals surface area (Å²) in [6.07, 6.45) is 0. The number of fused-ring (bicyclic) bond motifs is 1. The van der Waals surface area contributed by atoms with E-state index in [4.69, 9.17) is 12.2 Å². The normalized spacial score (nSPS) is 11.0. The molecule has 13 heavy (non-hydrogen) atoms. The Balaban J connectivity index is 3.03. The van der Waals surface area contributed by atoms with Crippen molar-refractivity contribution in [2.45, 2.75) is 13.8 Å². The molecule has 0 radical (unpaired) electrons. The fraction of sp³-hybridized carbons (Fsp3) is 0.375. The number of H-pyrrole nitrogens is 1. The lowest BCUT2D eigenvalue weighted by Gasteiger charge is -1.96. The molecule has 0 aliphatic carbocycles. The van der Waals surface area contributed by atoms with Crippen molar-refractivity contribution in [2.24, 2.45) is 7.05 Å². The summed E-state index contributed by atoms with van der Waals surface area (Å²) in [4.78, 5) is 11.6. The van der Waals surface area contributed by atoms with Crippen LogP contribution in [0, 0.1) is 18.6 Å². The number of nitrogens with zero attached hydrogens (tertiary/aromatic N) is 3. The zero-order chi connectivity index (χ0) is 9.59. The van der Waals surface area contributed by atoms with Crippen LogP contribution in [0.15, 0.2) is 0 Å². The monoisotopic (exact) mass is 194 g/mol. The molecule has 0 atom stereocenters. The highest BCUT2D eigenvalue weighted by molar-refractivity contribution is 7.71. The van der Waals surface area contributed by atoms with Crippen LogP contribution in [-0.4, -0.2) is 19.5 Å². The van der Waals surface area contributed by atoms with Gasteiger partial charge in [-0.15, -0.1) is 0 Å². The number of aromatic nitrogens is 4. The third kappa shape index (κ3) is 1.16. The Morgan fingerprint density at radius 1 is 1.31 bits per heavy atom. The lowest BCUT2D eigenvalue weighted by atomic mass is 10.4. The van der Waals surface area contributed by atoms with Gasteiger partial charge in [-0.25, -0.2) is 9.97 Å². The van der Waals surface area contributed by atoms with Crippen LogP contribution in [-0.2, 0) is 7.05 Å². The van der Waals surface area contributed by atoms with Crippen molar-refractivity contribution in [1.29, 1.82) is 0 Å². The van der Waals surface area contributed by atoms with Gasteiger partial charge in [0.25, 0.3) is 0 Å². The topological polar surface area (TPSA) is 46.5 Å². The molecule has 0 aliphatic rings. The van der Waals surface area contributed by atoms with Crippen LogP contribution >= 0.6 is 12.2 Å². The molecule has 5 heteroatoms. The van der Waals surface area contributed by atoms with Gasteiger partial charge in [-0.2, -0.15) is 0 Å². The number of hydrogen-bond acceptors (Lipinski definition) is 3. The molecule has 0 aromatic carbocycles. The molecular formula is C8H10N4S. The minimum absolute atomic E-state index is 0.507. The van der Waals surface area contributed by atoms with Crippen molar-refractivity contribution in [1.82, 2.24) is 19.5 Å². The van der Waals surface area contributed by atoms with E-state index in [0.29, 0.717) is 4.77 Å². The van der Waals surface area contributed by atoms with Crippen LogP contribution in [0.2, 0.25) is 0 Å². The molecule has 0 aliphatic heterocycles. The van der Waals surface area contributed by atoms with Gasteiger partial charge >= 0.3 is 0 Å². The van der Waals surface area contributed by atoms with Gasteiger partial charge in [0.1, 0.15) is 11.3 Å². The van der Waals surface area contributed by atoms with Crippen LogP contribution in [0.4, 0.5) is 0 Å². The molecule has 68 valence electrons. The van der Waals surface area contributed by atoms with Gasteiger partial charge in [-0.3, -0.25) is 0 Å². The predicted molar refractivity (Wildman–Crippen MR) is 53.2 cm³/mol. The lowest BCUT2D eigenvalue weighted by Crippen LogP contribution is -1.94. The summed E-state index contributed by atoms with van der Waals surface area (Å²) in [6, 6.07) is 0. The minimum Gasteiger partial charge on any atom is -0.333 e. The van der Waals surface area contributed by atoms with Crippen LogP contribution in [0.1, 0.15) is 11.5 Å². The Labute approximate surface area is 80.6 Å². The van der Waals surface area contributed by atoms with Gasteiger partial charge in [0.15, 0.2) is 10.4 Å². The average molecular weight is 194 g/mol. The third-order valence-corrected chi connectivity index (χ3v) is 2.34. The van der Waals surface area contributed by atoms with Gasteiger partial charge in [0.2, 0.25) is 0 Å². The summed E-state index contributed by atoms with van der Waals surface area (Å²) >= 11 is 4.99. The molecule has 2 heterocycles. The van der Waals surface area contributed by atoms with E-state index in [-0.39, 0.29) is 0 Å². The van der Waals surface area contributed by atoms with Crippen LogP contribution in [0.25, 0.3) is 11.2 Å². The first kappa shape index (κ1) is 8.37. The van der Waals surface area contributed by atoms with Crippen molar-refractivity contribution in [3.8, 4) is 0 Å². The maximum absolute atomic E-state index is 4.99. The Hall–Kier alpha value is -1.23. The van der Waals surface area contributed by atoms with E-state index in [9.17, 15) is 0 Å². The molecule has 0 saturated heterocycles. The first-order valence-corrected chi connectivity index (χ1v) is 4.40. The fourth-order valence-corrected chi connectivity index (χ4v) is 1.56. The Morgan fingerprint density at radius 2 is 2.00 bits per heavy atom. The van der Waals surface area contributed by atoms with Crippen molar-refractivity contribution >= 4 is 23.4 Å². The number of aryl methyl sites for hydroxylation is 3. The van der Waals surface area contributed by atoms with Gasteiger partial charge in [0, 0.05) is 12.7 Å². The summed E-state index contributed by atoms with van der Waals surface area (Å²) < 4.78 is 2.44. The first-order chi connectivity index (χ1) is 6.09. The van der Waals surface area contributed by atoms with Gasteiger partial charge < -0.3 is 9.55 Å². The molecule has 0 fully saturated rings. The third-order valence-electron chi connectivity index (χ3n) is 2.15. The molecule has 0 unspecified atom stereocenters. The van der Waals surface area contributed by atoms with E-state index in [1.807, 2.05) is 25.5 Å². The van der Waals surface area contributed by atoms with Gasteiger partial charge in [-0.05, 0) is 26.1 Å². The van der Waals surface area contributed by atoms with Crippen LogP contribution in [0.5, 0.6) is 0 Å². The van der Waals surface area contributed by atoms with Crippen molar-refractivity contribution < 1.29 is 0 Å². The summed E-state index contributed by atoms with van der Waals surface area (Å²) in [5.41, 5.74) is 2.71. The van der Waals surface area contributed by atoms with Gasteiger partial charge in [-0.1, -0.05) is 0 Å². The van der Waals surface area contributed by atoms with Crippen LogP contribution < -0.4 is 0 Å². The molecule has 0 bridgehead atoms. The quantitative estimate of drug-likeness (QED) is 0.648. The van der Waals surface area contributed by atoms with E-state index < -0.39 is 0 Å². The second-order valence-corrected chi connectivity index (χ2v) is 3.44. The second-order valence-electron chi connectivity index (χ2n) is 3.06. The Morgan fingerprint density at radius 3 is 2.69 bits per heavy atom. The first-order valence-electron chi connectivity index (χ1n) is 3.99. The number of nitrogens with one attached hydrogen (secondary N) is 1. The highest BCUT2D eigenvalue weighted by Crippen LogP contribution is 2.13. The van der Waals surface area contributed by atoms with Crippen molar-refractivity contribution in [2.75, 3.05) is 0 Å². The Bertz CT molecular complexity index is 523. The zero-order valence-corrected chi connectivity index (χ0v) is 8.57. The number of aromatic amines is 1. The summed E-state index contributed by atoms with van der Waals surface area (Å²) in [7, 11) is 1.94. The van der Waals surface area contributed by atoms with Crippen LogP contribution in [0.3, 0.4) is 0 Å². The SMILES string of the molecule is Cc1[nH]c(=S)nc2c1nc(C)n2C. The van der Waals surface area contributed by atoms with E-state index in [0.717, 1.165) is 22.7 Å². The maximum Gasteiger partial charge on any atom is 0.199 e. The molecule has 0 amide bonds. The summed E-state index contributed by atoms with van der Waals surface area (Å²) in [5.74, 6) is 0.944. The second kappa shape index (κ2) is 2.63. The predicted octanol–water partition coefficient (Wildman–Crippen LogP) is 1.64. The molecule has 2 aromatic heterocycles. The molecule has 0 spiro atoms. The lowest BCUT2D eigenvalue weighted by molar-refractivity contribution is 0.871. The molecular weight excluding hydrogens is 184 g/mol. The smallest absolute Gasteiger partial charge is 0.199 e. The molecule has 0 saturated carbocycles. The standard InChI is InChI=1S/C8H10N4S/c1-4-6-7(11-8(13)9-4)12(3)5(2)10-6/h1-3H3,(H,9,11,13).